The molecule has 0 aliphatic heterocycles. The zero-order chi connectivity index (χ0) is 14.5. The molecule has 20 heavy (non-hydrogen) atoms. The first-order valence-electron chi connectivity index (χ1n) is 5.93. The van der Waals surface area contributed by atoms with Gasteiger partial charge in [0.15, 0.2) is 0 Å². The van der Waals surface area contributed by atoms with E-state index in [2.05, 4.69) is 5.32 Å². The molecular formula is C15H14ClNO2S. The number of hydrogen-bond acceptors (Lipinski definition) is 3. The second-order valence-corrected chi connectivity index (χ2v) is 5.34. The average molecular weight is 308 g/mol. The quantitative estimate of drug-likeness (QED) is 0.855. The summed E-state index contributed by atoms with van der Waals surface area (Å²) in [6.45, 7) is 0. The average Bonchev–Trinajstić information content (AvgIpc) is 2.48. The summed E-state index contributed by atoms with van der Waals surface area (Å²) in [5, 5.41) is 3.44. The van der Waals surface area contributed by atoms with E-state index in [1.807, 2.05) is 18.4 Å². The van der Waals surface area contributed by atoms with E-state index >= 15 is 0 Å². The molecule has 0 saturated carbocycles. The lowest BCUT2D eigenvalue weighted by molar-refractivity contribution is 0.102. The Morgan fingerprint density at radius 1 is 1.20 bits per heavy atom. The number of carbonyl (C=O) groups is 1. The minimum atomic E-state index is -0.211. The van der Waals surface area contributed by atoms with Crippen molar-refractivity contribution in [3.05, 3.63) is 53.1 Å². The van der Waals surface area contributed by atoms with E-state index in [1.54, 1.807) is 49.2 Å². The van der Waals surface area contributed by atoms with E-state index in [1.165, 1.54) is 0 Å². The van der Waals surface area contributed by atoms with Crippen molar-refractivity contribution in [2.45, 2.75) is 4.90 Å². The maximum absolute atomic E-state index is 12.2. The Morgan fingerprint density at radius 3 is 2.50 bits per heavy atom. The van der Waals surface area contributed by atoms with Crippen molar-refractivity contribution in [2.24, 2.45) is 0 Å². The third-order valence-electron chi connectivity index (χ3n) is 2.76. The highest BCUT2D eigenvalue weighted by molar-refractivity contribution is 7.98. The number of carbonyl (C=O) groups excluding carboxylic acids is 1. The Kier molecular flexibility index (Phi) is 4.93. The van der Waals surface area contributed by atoms with Crippen LogP contribution < -0.4 is 10.1 Å². The molecule has 0 aliphatic rings. The van der Waals surface area contributed by atoms with Crippen LogP contribution in [0.1, 0.15) is 10.4 Å². The van der Waals surface area contributed by atoms with Crippen LogP contribution in [-0.4, -0.2) is 19.3 Å². The summed E-state index contributed by atoms with van der Waals surface area (Å²) in [5.41, 5.74) is 1.19. The summed E-state index contributed by atoms with van der Waals surface area (Å²) in [5.74, 6) is 0.347. The standard InChI is InChI=1S/C15H14ClNO2S/c1-19-14-9-12(20-2)7-8-13(14)15(18)17-11-5-3-10(16)4-6-11/h3-9H,1-2H3,(H,17,18). The lowest BCUT2D eigenvalue weighted by atomic mass is 10.2. The van der Waals surface area contributed by atoms with E-state index in [0.29, 0.717) is 22.0 Å². The van der Waals surface area contributed by atoms with Gasteiger partial charge >= 0.3 is 0 Å². The Labute approximate surface area is 127 Å². The van der Waals surface area contributed by atoms with Crippen molar-refractivity contribution in [1.29, 1.82) is 0 Å². The van der Waals surface area contributed by atoms with Gasteiger partial charge in [0.1, 0.15) is 5.75 Å². The lowest BCUT2D eigenvalue weighted by Gasteiger charge is -2.10. The van der Waals surface area contributed by atoms with Gasteiger partial charge in [0.2, 0.25) is 0 Å². The first-order valence-corrected chi connectivity index (χ1v) is 7.53. The number of methoxy groups -OCH3 is 1. The van der Waals surface area contributed by atoms with Crippen LogP contribution >= 0.6 is 23.4 Å². The molecule has 0 spiro atoms. The normalized spacial score (nSPS) is 10.2. The molecule has 0 unspecified atom stereocenters. The maximum atomic E-state index is 12.2. The zero-order valence-corrected chi connectivity index (χ0v) is 12.7. The highest BCUT2D eigenvalue weighted by atomic mass is 35.5. The first kappa shape index (κ1) is 14.8. The van der Waals surface area contributed by atoms with Gasteiger partial charge in [-0.1, -0.05) is 11.6 Å². The summed E-state index contributed by atoms with van der Waals surface area (Å²) in [6, 6.07) is 12.5. The van der Waals surface area contributed by atoms with E-state index in [-0.39, 0.29) is 5.91 Å². The van der Waals surface area contributed by atoms with Crippen LogP contribution in [0.15, 0.2) is 47.4 Å². The van der Waals surface area contributed by atoms with Gasteiger partial charge in [-0.2, -0.15) is 0 Å². The van der Waals surface area contributed by atoms with E-state index in [9.17, 15) is 4.79 Å². The molecule has 0 heterocycles. The first-order chi connectivity index (χ1) is 9.63. The van der Waals surface area contributed by atoms with Crippen molar-refractivity contribution < 1.29 is 9.53 Å². The zero-order valence-electron chi connectivity index (χ0n) is 11.1. The van der Waals surface area contributed by atoms with Gasteiger partial charge < -0.3 is 10.1 Å². The van der Waals surface area contributed by atoms with Gasteiger partial charge in [0.05, 0.1) is 12.7 Å². The van der Waals surface area contributed by atoms with Crippen LogP contribution in [0.2, 0.25) is 5.02 Å². The number of halogens is 1. The molecule has 2 rings (SSSR count). The highest BCUT2D eigenvalue weighted by Gasteiger charge is 2.13. The second kappa shape index (κ2) is 6.68. The molecule has 0 aromatic heterocycles. The lowest BCUT2D eigenvalue weighted by Crippen LogP contribution is -2.13. The number of nitrogens with one attached hydrogen (secondary N) is 1. The summed E-state index contributed by atoms with van der Waals surface area (Å²) in [6.07, 6.45) is 1.97. The molecule has 0 atom stereocenters. The Morgan fingerprint density at radius 2 is 1.90 bits per heavy atom. The third kappa shape index (κ3) is 3.46. The van der Waals surface area contributed by atoms with Crippen LogP contribution in [0.4, 0.5) is 5.69 Å². The molecule has 2 aromatic rings. The van der Waals surface area contributed by atoms with Crippen LogP contribution in [0, 0.1) is 0 Å². The fraction of sp³-hybridized carbons (Fsp3) is 0.133. The summed E-state index contributed by atoms with van der Waals surface area (Å²) >= 11 is 7.41. The number of hydrogen-bond donors (Lipinski definition) is 1. The number of benzene rings is 2. The molecule has 3 nitrogen and oxygen atoms in total. The van der Waals surface area contributed by atoms with Gasteiger partial charge in [-0.05, 0) is 48.7 Å². The number of rotatable bonds is 4. The molecule has 5 heteroatoms. The van der Waals surface area contributed by atoms with Crippen molar-refractivity contribution in [1.82, 2.24) is 0 Å². The van der Waals surface area contributed by atoms with Crippen LogP contribution in [0.25, 0.3) is 0 Å². The Hall–Kier alpha value is -1.65. The van der Waals surface area contributed by atoms with Crippen molar-refractivity contribution >= 4 is 35.0 Å². The molecule has 0 aliphatic carbocycles. The highest BCUT2D eigenvalue weighted by Crippen LogP contribution is 2.26. The molecule has 0 bridgehead atoms. The smallest absolute Gasteiger partial charge is 0.259 e. The minimum absolute atomic E-state index is 0.211. The number of ether oxygens (including phenoxy) is 1. The molecule has 2 aromatic carbocycles. The Balaban J connectivity index is 2.22. The topological polar surface area (TPSA) is 38.3 Å². The molecule has 0 saturated heterocycles. The maximum Gasteiger partial charge on any atom is 0.259 e. The van der Waals surface area contributed by atoms with Crippen LogP contribution in [0.5, 0.6) is 5.75 Å². The van der Waals surface area contributed by atoms with Crippen LogP contribution in [0.3, 0.4) is 0 Å². The van der Waals surface area contributed by atoms with Crippen molar-refractivity contribution in [3.63, 3.8) is 0 Å². The van der Waals surface area contributed by atoms with Crippen molar-refractivity contribution in [2.75, 3.05) is 18.7 Å². The van der Waals surface area contributed by atoms with E-state index in [0.717, 1.165) is 4.90 Å². The molecular weight excluding hydrogens is 294 g/mol. The monoisotopic (exact) mass is 307 g/mol. The number of amides is 1. The fourth-order valence-corrected chi connectivity index (χ4v) is 2.27. The molecule has 104 valence electrons. The number of thioether (sulfide) groups is 1. The predicted octanol–water partition coefficient (Wildman–Crippen LogP) is 4.32. The predicted molar refractivity (Wildman–Crippen MR) is 84.2 cm³/mol. The second-order valence-electron chi connectivity index (χ2n) is 4.03. The number of anilines is 1. The largest absolute Gasteiger partial charge is 0.496 e. The van der Waals surface area contributed by atoms with E-state index < -0.39 is 0 Å². The molecule has 0 radical (unpaired) electrons. The fourth-order valence-electron chi connectivity index (χ4n) is 1.72. The third-order valence-corrected chi connectivity index (χ3v) is 3.73. The van der Waals surface area contributed by atoms with Crippen molar-refractivity contribution in [3.8, 4) is 5.75 Å². The van der Waals surface area contributed by atoms with Gasteiger partial charge in [-0.15, -0.1) is 11.8 Å². The molecule has 0 fully saturated rings. The van der Waals surface area contributed by atoms with Gasteiger partial charge in [-0.3, -0.25) is 4.79 Å². The van der Waals surface area contributed by atoms with Gasteiger partial charge in [-0.25, -0.2) is 0 Å². The molecule has 1 N–H and O–H groups in total. The van der Waals surface area contributed by atoms with Gasteiger partial charge in [0.25, 0.3) is 5.91 Å². The van der Waals surface area contributed by atoms with E-state index in [4.69, 9.17) is 16.3 Å². The summed E-state index contributed by atoms with van der Waals surface area (Å²) < 4.78 is 5.27. The SMILES string of the molecule is COc1cc(SC)ccc1C(=O)Nc1ccc(Cl)cc1. The minimum Gasteiger partial charge on any atom is -0.496 e. The Bertz CT molecular complexity index is 614. The van der Waals surface area contributed by atoms with Crippen LogP contribution in [-0.2, 0) is 0 Å². The van der Waals surface area contributed by atoms with Gasteiger partial charge in [0, 0.05) is 15.6 Å². The summed E-state index contributed by atoms with van der Waals surface area (Å²) in [4.78, 5) is 13.3. The molecule has 1 amide bonds. The summed E-state index contributed by atoms with van der Waals surface area (Å²) in [7, 11) is 1.55.